The van der Waals surface area contributed by atoms with Crippen LogP contribution in [0, 0.1) is 11.3 Å². The first kappa shape index (κ1) is 24.5. The molecule has 1 saturated heterocycles. The average Bonchev–Trinajstić information content (AvgIpc) is 3.42. The Morgan fingerprint density at radius 3 is 2.74 bits per heavy atom. The first-order valence-electron chi connectivity index (χ1n) is 11.1. The molecule has 1 fully saturated rings. The van der Waals surface area contributed by atoms with E-state index in [4.69, 9.17) is 4.74 Å². The fraction of sp³-hybridized carbons (Fsp3) is 0.417. The number of carbonyl (C=O) groups is 1. The highest BCUT2D eigenvalue weighted by Crippen LogP contribution is 2.39. The molecule has 0 saturated carbocycles. The van der Waals surface area contributed by atoms with Crippen molar-refractivity contribution in [3.8, 4) is 23.1 Å². The highest BCUT2D eigenvalue weighted by molar-refractivity contribution is 5.84. The van der Waals surface area contributed by atoms with Crippen molar-refractivity contribution in [2.75, 3.05) is 33.8 Å². The Balaban J connectivity index is 1.55. The van der Waals surface area contributed by atoms with Gasteiger partial charge in [0.1, 0.15) is 23.9 Å². The molecule has 35 heavy (non-hydrogen) atoms. The van der Waals surface area contributed by atoms with Crippen LogP contribution in [0.2, 0.25) is 0 Å². The summed E-state index contributed by atoms with van der Waals surface area (Å²) in [6, 6.07) is 7.02. The molecule has 1 amide bonds. The largest absolute Gasteiger partial charge is 0.491 e. The van der Waals surface area contributed by atoms with E-state index in [1.165, 1.54) is 23.4 Å². The standard InChI is InChI=1S/C24H25F3N6O2/c1-31-8-4-5-19(31)23(34)32(2)9-10-35-21-7-6-15(11-16(21)24(25,26)27)17-12-20-22(18(13-28)30-17)29-14-33(20)3/h6-7,11-12,14,19H,4-5,8-10H2,1-3H3/t19-/m0/s1. The summed E-state index contributed by atoms with van der Waals surface area (Å²) >= 11 is 0. The maximum atomic E-state index is 13.9. The van der Waals surface area contributed by atoms with E-state index in [1.54, 1.807) is 24.7 Å². The number of imidazole rings is 1. The van der Waals surface area contributed by atoms with Crippen LogP contribution in [0.15, 0.2) is 30.6 Å². The molecule has 0 aliphatic carbocycles. The number of halogens is 3. The van der Waals surface area contributed by atoms with Gasteiger partial charge in [0.25, 0.3) is 0 Å². The van der Waals surface area contributed by atoms with Gasteiger partial charge in [-0.1, -0.05) is 0 Å². The molecule has 3 aromatic rings. The van der Waals surface area contributed by atoms with Crippen molar-refractivity contribution in [2.24, 2.45) is 7.05 Å². The molecule has 184 valence electrons. The summed E-state index contributed by atoms with van der Waals surface area (Å²) in [6.45, 7) is 0.922. The molecule has 0 N–H and O–H groups in total. The van der Waals surface area contributed by atoms with E-state index in [0.29, 0.717) is 11.0 Å². The minimum Gasteiger partial charge on any atom is -0.491 e. The molecule has 1 aliphatic heterocycles. The zero-order valence-corrected chi connectivity index (χ0v) is 19.6. The van der Waals surface area contributed by atoms with Crippen molar-refractivity contribution < 1.29 is 22.7 Å². The Morgan fingerprint density at radius 2 is 2.09 bits per heavy atom. The quantitative estimate of drug-likeness (QED) is 0.531. The number of amides is 1. The van der Waals surface area contributed by atoms with Gasteiger partial charge in [-0.25, -0.2) is 9.97 Å². The molecule has 4 rings (SSSR count). The minimum atomic E-state index is -4.67. The second-order valence-electron chi connectivity index (χ2n) is 8.65. The Morgan fingerprint density at radius 1 is 1.31 bits per heavy atom. The van der Waals surface area contributed by atoms with E-state index in [9.17, 15) is 23.2 Å². The number of hydrogen-bond acceptors (Lipinski definition) is 6. The number of pyridine rings is 1. The lowest BCUT2D eigenvalue weighted by Gasteiger charge is -2.25. The van der Waals surface area contributed by atoms with Gasteiger partial charge in [-0.15, -0.1) is 0 Å². The van der Waals surface area contributed by atoms with E-state index < -0.39 is 11.7 Å². The zero-order valence-electron chi connectivity index (χ0n) is 19.6. The van der Waals surface area contributed by atoms with Gasteiger partial charge in [0, 0.05) is 19.7 Å². The number of aryl methyl sites for hydroxylation is 1. The minimum absolute atomic E-state index is 0.0348. The number of carbonyl (C=O) groups excluding carboxylic acids is 1. The second kappa shape index (κ2) is 9.54. The van der Waals surface area contributed by atoms with Crippen LogP contribution < -0.4 is 4.74 Å². The van der Waals surface area contributed by atoms with Gasteiger partial charge in [0.2, 0.25) is 5.91 Å². The Labute approximate surface area is 200 Å². The number of nitrogens with zero attached hydrogens (tertiary/aromatic N) is 6. The van der Waals surface area contributed by atoms with Crippen molar-refractivity contribution in [3.05, 3.63) is 41.9 Å². The maximum Gasteiger partial charge on any atom is 0.419 e. The highest BCUT2D eigenvalue weighted by atomic mass is 19.4. The lowest BCUT2D eigenvalue weighted by molar-refractivity contribution is -0.139. The summed E-state index contributed by atoms with van der Waals surface area (Å²) < 4.78 is 48.8. The van der Waals surface area contributed by atoms with Crippen LogP contribution in [0.3, 0.4) is 0 Å². The molecule has 11 heteroatoms. The SMILES string of the molecule is CN(CCOc1ccc(-c2cc3c(ncn3C)c(C#N)n2)cc1C(F)(F)F)C(=O)[C@@H]1CCCN1C. The molecule has 1 aliphatic rings. The number of alkyl halides is 3. The number of hydrogen-bond donors (Lipinski definition) is 0. The molecule has 0 unspecified atom stereocenters. The fourth-order valence-electron chi connectivity index (χ4n) is 4.27. The molecule has 0 bridgehead atoms. The van der Waals surface area contributed by atoms with Crippen LogP contribution >= 0.6 is 0 Å². The zero-order chi connectivity index (χ0) is 25.3. The molecule has 8 nitrogen and oxygen atoms in total. The van der Waals surface area contributed by atoms with Crippen molar-refractivity contribution in [3.63, 3.8) is 0 Å². The number of likely N-dealkylation sites (tertiary alicyclic amines) is 1. The number of benzene rings is 1. The van der Waals surface area contributed by atoms with Gasteiger partial charge in [0.15, 0.2) is 5.69 Å². The number of rotatable bonds is 6. The molecular weight excluding hydrogens is 461 g/mol. The molecule has 2 aromatic heterocycles. The van der Waals surface area contributed by atoms with E-state index in [1.807, 2.05) is 18.0 Å². The normalized spacial score (nSPS) is 16.4. The first-order valence-corrected chi connectivity index (χ1v) is 11.1. The predicted octanol–water partition coefficient (Wildman–Crippen LogP) is 3.46. The first-order chi connectivity index (χ1) is 16.6. The van der Waals surface area contributed by atoms with E-state index in [-0.39, 0.29) is 47.8 Å². The van der Waals surface area contributed by atoms with Crippen LogP contribution in [0.5, 0.6) is 5.75 Å². The highest BCUT2D eigenvalue weighted by Gasteiger charge is 2.35. The topological polar surface area (TPSA) is 87.3 Å². The molecular formula is C24H25F3N6O2. The van der Waals surface area contributed by atoms with Gasteiger partial charge in [-0.2, -0.15) is 18.4 Å². The van der Waals surface area contributed by atoms with Crippen molar-refractivity contribution >= 4 is 16.9 Å². The predicted molar refractivity (Wildman–Crippen MR) is 122 cm³/mol. The van der Waals surface area contributed by atoms with Crippen molar-refractivity contribution in [2.45, 2.75) is 25.1 Å². The number of ether oxygens (including phenoxy) is 1. The maximum absolute atomic E-state index is 13.9. The molecule has 0 radical (unpaired) electrons. The summed E-state index contributed by atoms with van der Waals surface area (Å²) in [5.41, 5.74) is 0.470. The Bertz CT molecular complexity index is 1300. The van der Waals surface area contributed by atoms with Gasteiger partial charge in [-0.3, -0.25) is 9.69 Å². The van der Waals surface area contributed by atoms with Crippen LogP contribution in [-0.2, 0) is 18.0 Å². The second-order valence-corrected chi connectivity index (χ2v) is 8.65. The summed E-state index contributed by atoms with van der Waals surface area (Å²) in [5, 5.41) is 9.42. The van der Waals surface area contributed by atoms with Crippen molar-refractivity contribution in [1.29, 1.82) is 5.26 Å². The lowest BCUT2D eigenvalue weighted by atomic mass is 10.1. The van der Waals surface area contributed by atoms with Crippen LogP contribution in [0.1, 0.15) is 24.1 Å². The van der Waals surface area contributed by atoms with Crippen LogP contribution in [-0.4, -0.2) is 70.1 Å². The van der Waals surface area contributed by atoms with E-state index in [0.717, 1.165) is 25.5 Å². The summed E-state index contributed by atoms with van der Waals surface area (Å²) in [7, 11) is 5.24. The van der Waals surface area contributed by atoms with Crippen LogP contribution in [0.4, 0.5) is 13.2 Å². The monoisotopic (exact) mass is 486 g/mol. The lowest BCUT2D eigenvalue weighted by Crippen LogP contribution is -2.43. The molecule has 1 atom stereocenters. The van der Waals surface area contributed by atoms with Gasteiger partial charge < -0.3 is 14.2 Å². The third-order valence-corrected chi connectivity index (χ3v) is 6.27. The van der Waals surface area contributed by atoms with Crippen LogP contribution in [0.25, 0.3) is 22.3 Å². The molecule has 0 spiro atoms. The average molecular weight is 486 g/mol. The van der Waals surface area contributed by atoms with E-state index in [2.05, 4.69) is 9.97 Å². The number of likely N-dealkylation sites (N-methyl/N-ethyl adjacent to an activating group) is 2. The fourth-order valence-corrected chi connectivity index (χ4v) is 4.27. The molecule has 1 aromatic carbocycles. The third-order valence-electron chi connectivity index (χ3n) is 6.27. The number of fused-ring (bicyclic) bond motifs is 1. The number of nitriles is 1. The van der Waals surface area contributed by atoms with Gasteiger partial charge in [0.05, 0.1) is 35.7 Å². The van der Waals surface area contributed by atoms with Gasteiger partial charge >= 0.3 is 6.18 Å². The smallest absolute Gasteiger partial charge is 0.419 e. The third kappa shape index (κ3) is 4.93. The van der Waals surface area contributed by atoms with E-state index >= 15 is 0 Å². The van der Waals surface area contributed by atoms with Crippen molar-refractivity contribution in [1.82, 2.24) is 24.3 Å². The number of aromatic nitrogens is 3. The Kier molecular flexibility index (Phi) is 6.67. The molecule has 3 heterocycles. The van der Waals surface area contributed by atoms with Gasteiger partial charge in [-0.05, 0) is 50.7 Å². The summed E-state index contributed by atoms with van der Waals surface area (Å²) in [6.07, 6.45) is -1.45. The Hall–Kier alpha value is -3.65. The summed E-state index contributed by atoms with van der Waals surface area (Å²) in [4.78, 5) is 24.4. The summed E-state index contributed by atoms with van der Waals surface area (Å²) in [5.74, 6) is -0.396.